The van der Waals surface area contributed by atoms with Gasteiger partial charge in [-0.1, -0.05) is 21.5 Å². The van der Waals surface area contributed by atoms with Gasteiger partial charge in [-0.25, -0.2) is 14.6 Å². The Morgan fingerprint density at radius 3 is 2.62 bits per heavy atom. The van der Waals surface area contributed by atoms with E-state index in [0.29, 0.717) is 16.5 Å². The summed E-state index contributed by atoms with van der Waals surface area (Å²) in [6, 6.07) is 0.381. The minimum Gasteiger partial charge on any atom is -0.478 e. The molecule has 1 saturated heterocycles. The number of hydrogen-bond donors (Lipinski definition) is 7. The van der Waals surface area contributed by atoms with Crippen molar-refractivity contribution in [2.75, 3.05) is 41.2 Å². The molecule has 0 aliphatic carbocycles. The van der Waals surface area contributed by atoms with Crippen molar-refractivity contribution in [3.05, 3.63) is 28.4 Å². The molecule has 42 heavy (non-hydrogen) atoms. The largest absolute Gasteiger partial charge is 0.478 e. The predicted molar refractivity (Wildman–Crippen MR) is 155 cm³/mol. The maximum atomic E-state index is 13.2. The number of carboxylic acids is 2. The third-order valence-electron chi connectivity index (χ3n) is 5.96. The number of rotatable bonds is 11. The number of amides is 2. The van der Waals surface area contributed by atoms with Crippen molar-refractivity contribution >= 4 is 81.1 Å². The number of nitrogens with two attached hydrogens (primary N) is 3. The average Bonchev–Trinajstić information content (AvgIpc) is 3.35. The van der Waals surface area contributed by atoms with E-state index in [9.17, 15) is 29.4 Å². The SMILES string of the molecule is CN[n+]1c(N)cc(N)nc1SCC1=C(C(=O)O)N2C(=O)C(NC(=O)/C(=N\OC(C)(C)C(=O)O)c3cnc(N)s3)C2SC1. The van der Waals surface area contributed by atoms with E-state index < -0.39 is 40.8 Å². The maximum Gasteiger partial charge on any atom is 0.352 e. The standard InChI is InChI=1S/C22H26N10O7S3/c1-22(2,19(37)38)39-30-12(9-5-27-20(25)42-9)15(33)29-13-16(34)31-14(18(35)36)8(6-40-17(13)31)7-41-21-28-10(23)4-11(24)32(21)26-3/h4-5,13,17,26H,6-7H2,1-3H3,(H8,23,24,25,27,29,30,33,35,36,37,38)/p+1. The zero-order valence-electron chi connectivity index (χ0n) is 22.4. The van der Waals surface area contributed by atoms with Gasteiger partial charge in [0.1, 0.15) is 17.1 Å². The number of nitrogen functional groups attached to an aromatic ring is 3. The number of carboxylic acid groups (broad SMARTS) is 2. The minimum absolute atomic E-state index is 0.120. The number of fused-ring (bicyclic) bond motifs is 1. The summed E-state index contributed by atoms with van der Waals surface area (Å²) >= 11 is 3.35. The number of carbonyl (C=O) groups excluding carboxylic acids is 2. The molecule has 1 fully saturated rings. The summed E-state index contributed by atoms with van der Waals surface area (Å²) in [5.74, 6) is -3.23. The van der Waals surface area contributed by atoms with E-state index in [-0.39, 0.29) is 38.7 Å². The Labute approximate surface area is 250 Å². The Balaban J connectivity index is 1.54. The van der Waals surface area contributed by atoms with Crippen LogP contribution in [0.3, 0.4) is 0 Å². The second-order valence-corrected chi connectivity index (χ2v) is 12.4. The molecule has 2 amide bonds. The lowest BCUT2D eigenvalue weighted by atomic mass is 10.0. The highest BCUT2D eigenvalue weighted by atomic mass is 32.2. The molecule has 2 aliphatic heterocycles. The molecular weight excluding hydrogens is 613 g/mol. The number of nitrogens with zero attached hydrogens (tertiary/aromatic N) is 5. The Morgan fingerprint density at radius 1 is 1.31 bits per heavy atom. The van der Waals surface area contributed by atoms with Crippen molar-refractivity contribution in [2.24, 2.45) is 5.16 Å². The number of nitrogens with one attached hydrogen (secondary N) is 2. The van der Waals surface area contributed by atoms with E-state index in [1.54, 1.807) is 7.05 Å². The van der Waals surface area contributed by atoms with E-state index in [4.69, 9.17) is 22.0 Å². The molecule has 20 heteroatoms. The Bertz CT molecular complexity index is 1530. The molecule has 2 aromatic heterocycles. The Morgan fingerprint density at radius 2 is 2.02 bits per heavy atom. The van der Waals surface area contributed by atoms with Crippen LogP contribution < -0.4 is 32.6 Å². The fourth-order valence-electron chi connectivity index (χ4n) is 3.79. The highest BCUT2D eigenvalue weighted by Crippen LogP contribution is 2.41. The molecule has 224 valence electrons. The minimum atomic E-state index is -1.77. The van der Waals surface area contributed by atoms with Gasteiger partial charge >= 0.3 is 17.1 Å². The molecule has 0 aromatic carbocycles. The van der Waals surface area contributed by atoms with Gasteiger partial charge in [-0.15, -0.1) is 16.4 Å². The van der Waals surface area contributed by atoms with Gasteiger partial charge in [0.05, 0.1) is 10.9 Å². The second kappa shape index (κ2) is 11.9. The van der Waals surface area contributed by atoms with Crippen LogP contribution in [0.2, 0.25) is 0 Å². The number of thiazole rings is 1. The number of thioether (sulfide) groups is 2. The molecule has 0 saturated carbocycles. The number of anilines is 3. The van der Waals surface area contributed by atoms with Crippen molar-refractivity contribution in [1.82, 2.24) is 20.2 Å². The fourth-order valence-corrected chi connectivity index (χ4v) is 6.97. The van der Waals surface area contributed by atoms with Crippen LogP contribution in [0.1, 0.15) is 18.7 Å². The van der Waals surface area contributed by atoms with Gasteiger partial charge in [0, 0.05) is 24.8 Å². The lowest BCUT2D eigenvalue weighted by Gasteiger charge is -2.49. The van der Waals surface area contributed by atoms with E-state index in [1.165, 1.54) is 54.3 Å². The lowest BCUT2D eigenvalue weighted by molar-refractivity contribution is -0.675. The van der Waals surface area contributed by atoms with Gasteiger partial charge in [-0.05, 0) is 31.2 Å². The zero-order valence-corrected chi connectivity index (χ0v) is 24.8. The van der Waals surface area contributed by atoms with Crippen LogP contribution in [-0.2, 0) is 24.0 Å². The van der Waals surface area contributed by atoms with Crippen LogP contribution >= 0.6 is 34.9 Å². The summed E-state index contributed by atoms with van der Waals surface area (Å²) < 4.78 is 1.48. The monoisotopic (exact) mass is 639 g/mol. The van der Waals surface area contributed by atoms with Gasteiger partial charge in [0.25, 0.3) is 11.8 Å². The maximum absolute atomic E-state index is 13.2. The molecular formula is C22H27N10O7S3+. The molecule has 10 N–H and O–H groups in total. The molecule has 0 radical (unpaired) electrons. The number of β-lactam (4-membered cyclic amide) rings is 1. The van der Waals surface area contributed by atoms with Crippen LogP contribution in [-0.4, -0.2) is 90.1 Å². The van der Waals surface area contributed by atoms with Gasteiger partial charge in [-0.2, -0.15) is 0 Å². The number of aromatic nitrogens is 3. The quantitative estimate of drug-likeness (QED) is 0.0382. The lowest BCUT2D eigenvalue weighted by Crippen LogP contribution is -2.71. The molecule has 0 spiro atoms. The first kappa shape index (κ1) is 30.7. The van der Waals surface area contributed by atoms with Gasteiger partial charge < -0.3 is 37.6 Å². The van der Waals surface area contributed by atoms with E-state index in [0.717, 1.165) is 16.2 Å². The molecule has 2 aliphatic rings. The van der Waals surface area contributed by atoms with Crippen molar-refractivity contribution in [2.45, 2.75) is 36.0 Å². The molecule has 4 heterocycles. The third-order valence-corrected chi connectivity index (χ3v) is 9.16. The zero-order chi connectivity index (χ0) is 30.9. The summed E-state index contributed by atoms with van der Waals surface area (Å²) in [4.78, 5) is 64.6. The third kappa shape index (κ3) is 5.99. The van der Waals surface area contributed by atoms with Gasteiger partial charge in [0.15, 0.2) is 10.8 Å². The molecule has 17 nitrogen and oxygen atoms in total. The highest BCUT2D eigenvalue weighted by molar-refractivity contribution is 8.01. The van der Waals surface area contributed by atoms with Crippen molar-refractivity contribution in [1.29, 1.82) is 0 Å². The second-order valence-electron chi connectivity index (χ2n) is 9.26. The number of aliphatic carboxylic acids is 2. The van der Waals surface area contributed by atoms with Gasteiger partial charge in [0.2, 0.25) is 17.2 Å². The van der Waals surface area contributed by atoms with Crippen LogP contribution in [0, 0.1) is 0 Å². The summed E-state index contributed by atoms with van der Waals surface area (Å²) in [5.41, 5.74) is 18.5. The predicted octanol–water partition coefficient (Wildman–Crippen LogP) is -1.14. The summed E-state index contributed by atoms with van der Waals surface area (Å²) in [7, 11) is 1.63. The Hall–Kier alpha value is -4.30. The summed E-state index contributed by atoms with van der Waals surface area (Å²) in [6.07, 6.45) is 1.26. The van der Waals surface area contributed by atoms with Crippen LogP contribution in [0.15, 0.2) is 33.8 Å². The fraction of sp³-hybridized carbons (Fsp3) is 0.364. The number of oxime groups is 1. The number of hydrogen-bond acceptors (Lipinski definition) is 15. The van der Waals surface area contributed by atoms with Crippen molar-refractivity contribution in [3.63, 3.8) is 0 Å². The summed E-state index contributed by atoms with van der Waals surface area (Å²) in [5, 5.41) is 25.4. The first-order chi connectivity index (χ1) is 19.7. The molecule has 0 bridgehead atoms. The van der Waals surface area contributed by atoms with Gasteiger partial charge in [-0.3, -0.25) is 19.9 Å². The van der Waals surface area contributed by atoms with Crippen LogP contribution in [0.25, 0.3) is 0 Å². The highest BCUT2D eigenvalue weighted by Gasteiger charge is 2.54. The molecule has 2 atom stereocenters. The molecule has 2 unspecified atom stereocenters. The van der Waals surface area contributed by atoms with E-state index >= 15 is 0 Å². The first-order valence-corrected chi connectivity index (χ1v) is 14.8. The Kier molecular flexibility index (Phi) is 8.68. The molecule has 4 rings (SSSR count). The summed E-state index contributed by atoms with van der Waals surface area (Å²) in [6.45, 7) is 2.49. The van der Waals surface area contributed by atoms with Crippen LogP contribution in [0.5, 0.6) is 0 Å². The normalized spacial score (nSPS) is 18.7. The number of carbonyl (C=O) groups is 4. The van der Waals surface area contributed by atoms with Crippen LogP contribution in [0.4, 0.5) is 16.8 Å². The smallest absolute Gasteiger partial charge is 0.352 e. The topological polar surface area (TPSA) is 265 Å². The van der Waals surface area contributed by atoms with E-state index in [1.807, 2.05) is 0 Å². The van der Waals surface area contributed by atoms with Crippen molar-refractivity contribution in [3.8, 4) is 0 Å². The van der Waals surface area contributed by atoms with Crippen molar-refractivity contribution < 1.29 is 38.9 Å². The average molecular weight is 640 g/mol. The first-order valence-electron chi connectivity index (χ1n) is 12.0. The van der Waals surface area contributed by atoms with E-state index in [2.05, 4.69) is 25.9 Å². The molecule has 2 aromatic rings.